The molecule has 16 heavy (non-hydrogen) atoms. The summed E-state index contributed by atoms with van der Waals surface area (Å²) in [6.07, 6.45) is -0.921. The summed E-state index contributed by atoms with van der Waals surface area (Å²) < 4.78 is 4.80. The largest absolute Gasteiger partial charge is 0.540 e. The van der Waals surface area contributed by atoms with Crippen molar-refractivity contribution in [3.63, 3.8) is 0 Å². The molecule has 0 radical (unpaired) electrons. The first kappa shape index (κ1) is 12.5. The number of oxime groups is 1. The van der Waals surface area contributed by atoms with Crippen molar-refractivity contribution < 1.29 is 14.4 Å². The van der Waals surface area contributed by atoms with E-state index in [0.717, 1.165) is 0 Å². The Bertz CT molecular complexity index is 390. The number of ether oxygens (including phenoxy) is 1. The van der Waals surface area contributed by atoms with Crippen LogP contribution < -0.4 is 10.5 Å². The number of carbonyl (C=O) groups is 1. The Morgan fingerprint density at radius 1 is 1.44 bits per heavy atom. The molecule has 6 heteroatoms. The van der Waals surface area contributed by atoms with E-state index in [2.05, 4.69) is 9.99 Å². The van der Waals surface area contributed by atoms with Gasteiger partial charge in [-0.2, -0.15) is 0 Å². The number of benzene rings is 1. The number of carbonyl (C=O) groups excluding carboxylic acids is 1. The molecular formula is C10H11ClN2O3. The predicted molar refractivity (Wildman–Crippen MR) is 60.7 cm³/mol. The summed E-state index contributed by atoms with van der Waals surface area (Å²) in [6, 6.07) is 6.28. The van der Waals surface area contributed by atoms with Crippen LogP contribution in [0.25, 0.3) is 0 Å². The number of nitrogens with two attached hydrogens (primary N) is 1. The molecule has 0 saturated carbocycles. The summed E-state index contributed by atoms with van der Waals surface area (Å²) in [5.41, 5.74) is 5.74. The van der Waals surface area contributed by atoms with Gasteiger partial charge in [-0.05, 0) is 31.2 Å². The van der Waals surface area contributed by atoms with Crippen molar-refractivity contribution in [2.75, 3.05) is 6.54 Å². The molecule has 5 nitrogen and oxygen atoms in total. The molecule has 0 aromatic heterocycles. The lowest BCUT2D eigenvalue weighted by molar-refractivity contribution is 0.102. The zero-order valence-electron chi connectivity index (χ0n) is 8.64. The van der Waals surface area contributed by atoms with Crippen LogP contribution >= 0.6 is 11.6 Å². The van der Waals surface area contributed by atoms with Gasteiger partial charge in [0, 0.05) is 11.6 Å². The minimum absolute atomic E-state index is 0.216. The average molecular weight is 243 g/mol. The number of hydrogen-bond donors (Lipinski definition) is 1. The van der Waals surface area contributed by atoms with Crippen molar-refractivity contribution >= 4 is 23.5 Å². The molecule has 0 aliphatic rings. The molecule has 0 amide bonds. The zero-order valence-corrected chi connectivity index (χ0v) is 9.40. The van der Waals surface area contributed by atoms with Crippen molar-refractivity contribution in [1.82, 2.24) is 0 Å². The second kappa shape index (κ2) is 6.09. The number of hydrogen-bond acceptors (Lipinski definition) is 5. The molecule has 0 atom stereocenters. The Morgan fingerprint density at radius 3 is 2.62 bits per heavy atom. The molecule has 0 aliphatic carbocycles. The maximum atomic E-state index is 11.1. The van der Waals surface area contributed by atoms with Gasteiger partial charge in [0.1, 0.15) is 5.75 Å². The van der Waals surface area contributed by atoms with Gasteiger partial charge in [0.25, 0.3) is 0 Å². The third kappa shape index (κ3) is 4.29. The van der Waals surface area contributed by atoms with Gasteiger partial charge in [-0.25, -0.2) is 4.79 Å². The third-order valence-corrected chi connectivity index (χ3v) is 1.84. The lowest BCUT2D eigenvalue weighted by Gasteiger charge is -2.01. The molecule has 0 aliphatic heterocycles. The summed E-state index contributed by atoms with van der Waals surface area (Å²) in [5, 5.41) is 4.00. The highest BCUT2D eigenvalue weighted by atomic mass is 35.5. The van der Waals surface area contributed by atoms with Gasteiger partial charge in [0.15, 0.2) is 0 Å². The van der Waals surface area contributed by atoms with Crippen molar-refractivity contribution in [2.24, 2.45) is 10.9 Å². The fraction of sp³-hybridized carbons (Fsp3) is 0.200. The van der Waals surface area contributed by atoms with Crippen LogP contribution in [0.3, 0.4) is 0 Å². The Morgan fingerprint density at radius 2 is 2.06 bits per heavy atom. The van der Waals surface area contributed by atoms with Crippen LogP contribution in [0.5, 0.6) is 5.75 Å². The first-order chi connectivity index (χ1) is 7.61. The van der Waals surface area contributed by atoms with Gasteiger partial charge in [-0.15, -0.1) is 0 Å². The predicted octanol–water partition coefficient (Wildman–Crippen LogP) is 2.19. The van der Waals surface area contributed by atoms with E-state index in [1.165, 1.54) is 0 Å². The van der Waals surface area contributed by atoms with Crippen LogP contribution in [0.15, 0.2) is 29.4 Å². The number of halogens is 1. The van der Waals surface area contributed by atoms with Gasteiger partial charge >= 0.3 is 6.16 Å². The third-order valence-electron chi connectivity index (χ3n) is 1.59. The van der Waals surface area contributed by atoms with Crippen LogP contribution in [0.4, 0.5) is 4.79 Å². The van der Waals surface area contributed by atoms with E-state index in [9.17, 15) is 4.79 Å². The molecule has 1 rings (SSSR count). The maximum absolute atomic E-state index is 11.1. The standard InChI is InChI=1S/C10H11ClN2O3/c1-7(6-12)13-16-10(14)15-9-4-2-8(11)3-5-9/h2-5H,6,12H2,1H3/b13-7+. The van der Waals surface area contributed by atoms with E-state index in [4.69, 9.17) is 22.1 Å². The van der Waals surface area contributed by atoms with Crippen LogP contribution in [0.2, 0.25) is 5.02 Å². The Kier molecular flexibility index (Phi) is 4.75. The Hall–Kier alpha value is -1.59. The van der Waals surface area contributed by atoms with Gasteiger partial charge in [0.2, 0.25) is 0 Å². The minimum Gasteiger partial charge on any atom is -0.393 e. The van der Waals surface area contributed by atoms with Crippen molar-refractivity contribution in [3.8, 4) is 5.75 Å². The van der Waals surface area contributed by atoms with Crippen LogP contribution in [-0.4, -0.2) is 18.4 Å². The van der Waals surface area contributed by atoms with Gasteiger partial charge < -0.3 is 10.5 Å². The minimum atomic E-state index is -0.921. The molecule has 2 N–H and O–H groups in total. The summed E-state index contributed by atoms with van der Waals surface area (Å²) in [4.78, 5) is 15.5. The fourth-order valence-corrected chi connectivity index (χ4v) is 0.896. The molecular weight excluding hydrogens is 232 g/mol. The highest BCUT2D eigenvalue weighted by molar-refractivity contribution is 6.30. The van der Waals surface area contributed by atoms with Crippen LogP contribution in [-0.2, 0) is 4.84 Å². The maximum Gasteiger partial charge on any atom is 0.540 e. The first-order valence-electron chi connectivity index (χ1n) is 4.49. The molecule has 1 aromatic carbocycles. The normalized spacial score (nSPS) is 11.1. The fourth-order valence-electron chi connectivity index (χ4n) is 0.770. The first-order valence-corrected chi connectivity index (χ1v) is 4.87. The highest BCUT2D eigenvalue weighted by Crippen LogP contribution is 2.15. The smallest absolute Gasteiger partial charge is 0.393 e. The Balaban J connectivity index is 2.49. The number of nitrogens with zero attached hydrogens (tertiary/aromatic N) is 1. The van der Waals surface area contributed by atoms with Crippen LogP contribution in [0, 0.1) is 0 Å². The SMILES string of the molecule is C/C(CN)=N\OC(=O)Oc1ccc(Cl)cc1. The molecule has 86 valence electrons. The average Bonchev–Trinajstić information content (AvgIpc) is 2.29. The van der Waals surface area contributed by atoms with Crippen molar-refractivity contribution in [3.05, 3.63) is 29.3 Å². The van der Waals surface area contributed by atoms with E-state index >= 15 is 0 Å². The lowest BCUT2D eigenvalue weighted by atomic mass is 10.3. The second-order valence-corrected chi connectivity index (χ2v) is 3.36. The molecule has 0 bridgehead atoms. The molecule has 0 unspecified atom stereocenters. The molecule has 0 heterocycles. The molecule has 0 spiro atoms. The number of rotatable bonds is 3. The van der Waals surface area contributed by atoms with Crippen LogP contribution in [0.1, 0.15) is 6.92 Å². The van der Waals surface area contributed by atoms with E-state index in [1.807, 2.05) is 0 Å². The van der Waals surface area contributed by atoms with E-state index < -0.39 is 6.16 Å². The summed E-state index contributed by atoms with van der Waals surface area (Å²) >= 11 is 5.66. The second-order valence-electron chi connectivity index (χ2n) is 2.93. The van der Waals surface area contributed by atoms with E-state index in [-0.39, 0.29) is 6.54 Å². The van der Waals surface area contributed by atoms with Gasteiger partial charge in [-0.3, -0.25) is 4.84 Å². The topological polar surface area (TPSA) is 73.9 Å². The Labute approximate surface area is 97.8 Å². The van der Waals surface area contributed by atoms with E-state index in [0.29, 0.717) is 16.5 Å². The summed E-state index contributed by atoms with van der Waals surface area (Å²) in [5.74, 6) is 0.329. The van der Waals surface area contributed by atoms with Gasteiger partial charge in [0.05, 0.1) is 5.71 Å². The quantitative estimate of drug-likeness (QED) is 0.290. The summed E-state index contributed by atoms with van der Waals surface area (Å²) in [7, 11) is 0. The summed E-state index contributed by atoms with van der Waals surface area (Å²) in [6.45, 7) is 1.85. The highest BCUT2D eigenvalue weighted by Gasteiger charge is 2.05. The van der Waals surface area contributed by atoms with E-state index in [1.54, 1.807) is 31.2 Å². The molecule has 0 saturated heterocycles. The monoisotopic (exact) mass is 242 g/mol. The molecule has 1 aromatic rings. The van der Waals surface area contributed by atoms with Crippen molar-refractivity contribution in [2.45, 2.75) is 6.92 Å². The lowest BCUT2D eigenvalue weighted by Crippen LogP contribution is -2.13. The van der Waals surface area contributed by atoms with Gasteiger partial charge in [-0.1, -0.05) is 16.8 Å². The molecule has 0 fully saturated rings. The van der Waals surface area contributed by atoms with Crippen molar-refractivity contribution in [1.29, 1.82) is 0 Å². The zero-order chi connectivity index (χ0) is 12.0.